The summed E-state index contributed by atoms with van der Waals surface area (Å²) >= 11 is 12.1. The molecule has 1 aliphatic heterocycles. The van der Waals surface area contributed by atoms with Crippen LogP contribution in [-0.2, 0) is 27.9 Å². The number of nitrogens with two attached hydrogens (primary N) is 1. The van der Waals surface area contributed by atoms with Crippen LogP contribution in [0.15, 0.2) is 51.9 Å². The number of aryl methyl sites for hydroxylation is 2. The van der Waals surface area contributed by atoms with Crippen molar-refractivity contribution in [3.63, 3.8) is 0 Å². The van der Waals surface area contributed by atoms with E-state index in [9.17, 15) is 18.0 Å². The number of hydrogen-bond acceptors (Lipinski definition) is 7. The summed E-state index contributed by atoms with van der Waals surface area (Å²) in [6, 6.07) is 11.6. The van der Waals surface area contributed by atoms with Gasteiger partial charge in [0.15, 0.2) is 11.9 Å². The summed E-state index contributed by atoms with van der Waals surface area (Å²) in [5.74, 6) is -1.15. The van der Waals surface area contributed by atoms with E-state index in [0.717, 1.165) is 15.4 Å². The Morgan fingerprint density at radius 1 is 1.11 bits per heavy atom. The lowest BCUT2D eigenvalue weighted by atomic mass is 10.1. The van der Waals surface area contributed by atoms with Crippen LogP contribution in [-0.4, -0.2) is 53.8 Å². The Morgan fingerprint density at radius 3 is 2.49 bits per heavy atom. The quantitative estimate of drug-likeness (QED) is 0.449. The molecule has 0 saturated carbocycles. The van der Waals surface area contributed by atoms with Crippen molar-refractivity contribution in [1.29, 1.82) is 0 Å². The molecule has 1 aromatic heterocycles. The van der Waals surface area contributed by atoms with E-state index < -0.39 is 28.0 Å². The van der Waals surface area contributed by atoms with Gasteiger partial charge in [-0.2, -0.15) is 4.31 Å². The highest BCUT2D eigenvalue weighted by Gasteiger charge is 2.48. The highest BCUT2D eigenvalue weighted by molar-refractivity contribution is 7.89. The second-order valence-corrected chi connectivity index (χ2v) is 11.2. The van der Waals surface area contributed by atoms with E-state index in [1.807, 2.05) is 24.3 Å². The monoisotopic (exact) mass is 565 g/mol. The summed E-state index contributed by atoms with van der Waals surface area (Å²) in [6.45, 7) is 3.28. The molecule has 0 bridgehead atoms. The topological polar surface area (TPSA) is 139 Å². The molecule has 13 heteroatoms. The number of aromatic nitrogens is 1. The number of benzene rings is 2. The first-order valence-electron chi connectivity index (χ1n) is 11.3. The number of amides is 2. The normalized spacial score (nSPS) is 16.2. The zero-order valence-electron chi connectivity index (χ0n) is 20.1. The van der Waals surface area contributed by atoms with Gasteiger partial charge in [-0.25, -0.2) is 8.42 Å². The molecule has 37 heavy (non-hydrogen) atoms. The number of nitrogens with one attached hydrogen (secondary N) is 1. The lowest BCUT2D eigenvalue weighted by Crippen LogP contribution is -2.53. The van der Waals surface area contributed by atoms with Gasteiger partial charge < -0.3 is 20.5 Å². The zero-order chi connectivity index (χ0) is 26.9. The van der Waals surface area contributed by atoms with Crippen molar-refractivity contribution in [1.82, 2.24) is 19.7 Å². The first kappa shape index (κ1) is 27.1. The Bertz CT molecular complexity index is 1440. The summed E-state index contributed by atoms with van der Waals surface area (Å²) in [4.78, 5) is 28.0. The molecule has 0 aliphatic carbocycles. The standard InChI is InChI=1S/C24H25Cl2N5O5S/c1-14-21(15(2)36-29-14)37(34,35)31-9-8-30(24(33)18-6-7-19(25)20(26)11-18)23(31)22(32)28-13-17-5-3-4-16(10-17)12-27/h3-7,10-11,23H,8-9,12-13,27H2,1-2H3,(H,28,32). The molecule has 3 aromatic rings. The number of carbonyl (C=O) groups excluding carboxylic acids is 2. The molecule has 2 amide bonds. The van der Waals surface area contributed by atoms with Crippen molar-refractivity contribution in [3.05, 3.63) is 80.7 Å². The van der Waals surface area contributed by atoms with E-state index >= 15 is 0 Å². The lowest BCUT2D eigenvalue weighted by Gasteiger charge is -2.28. The minimum absolute atomic E-state index is 0.0254. The van der Waals surface area contributed by atoms with Crippen molar-refractivity contribution in [2.24, 2.45) is 5.73 Å². The summed E-state index contributed by atoms with van der Waals surface area (Å²) in [5, 5.41) is 6.92. The van der Waals surface area contributed by atoms with E-state index in [1.165, 1.54) is 36.9 Å². The fraction of sp³-hybridized carbons (Fsp3) is 0.292. The number of rotatable bonds is 7. The SMILES string of the molecule is Cc1noc(C)c1S(=O)(=O)N1CCN(C(=O)c2ccc(Cl)c(Cl)c2)C1C(=O)NCc1cccc(CN)c1. The van der Waals surface area contributed by atoms with Crippen LogP contribution < -0.4 is 11.1 Å². The van der Waals surface area contributed by atoms with Crippen LogP contribution in [0.5, 0.6) is 0 Å². The molecule has 0 radical (unpaired) electrons. The molecule has 0 spiro atoms. The molecule has 2 aromatic carbocycles. The molecular formula is C24H25Cl2N5O5S. The molecule has 2 heterocycles. The maximum absolute atomic E-state index is 13.7. The predicted octanol–water partition coefficient (Wildman–Crippen LogP) is 2.85. The van der Waals surface area contributed by atoms with E-state index in [4.69, 9.17) is 33.5 Å². The number of halogens is 2. The van der Waals surface area contributed by atoms with Gasteiger partial charge in [-0.1, -0.05) is 52.6 Å². The van der Waals surface area contributed by atoms with Gasteiger partial charge in [-0.05, 0) is 43.2 Å². The average Bonchev–Trinajstić information content (AvgIpc) is 3.48. The third-order valence-electron chi connectivity index (χ3n) is 6.02. The van der Waals surface area contributed by atoms with E-state index in [2.05, 4.69) is 10.5 Å². The Hall–Kier alpha value is -2.96. The molecule has 1 atom stereocenters. The van der Waals surface area contributed by atoms with E-state index in [-0.39, 0.29) is 51.6 Å². The first-order valence-corrected chi connectivity index (χ1v) is 13.5. The van der Waals surface area contributed by atoms with Crippen molar-refractivity contribution in [3.8, 4) is 0 Å². The fourth-order valence-electron chi connectivity index (χ4n) is 4.25. The van der Waals surface area contributed by atoms with Crippen LogP contribution in [0.2, 0.25) is 10.0 Å². The van der Waals surface area contributed by atoms with Crippen molar-refractivity contribution >= 4 is 45.0 Å². The third-order valence-corrected chi connectivity index (χ3v) is 8.86. The molecule has 1 fully saturated rings. The summed E-state index contributed by atoms with van der Waals surface area (Å²) in [7, 11) is -4.25. The summed E-state index contributed by atoms with van der Waals surface area (Å²) in [6.07, 6.45) is -1.46. The molecule has 1 saturated heterocycles. The van der Waals surface area contributed by atoms with Crippen molar-refractivity contribution in [2.45, 2.75) is 38.0 Å². The lowest BCUT2D eigenvalue weighted by molar-refractivity contribution is -0.127. The molecular weight excluding hydrogens is 541 g/mol. The van der Waals surface area contributed by atoms with Crippen LogP contribution in [0.3, 0.4) is 0 Å². The van der Waals surface area contributed by atoms with Gasteiger partial charge in [0.2, 0.25) is 0 Å². The minimum Gasteiger partial charge on any atom is -0.360 e. The molecule has 4 rings (SSSR count). The third kappa shape index (κ3) is 5.36. The number of carbonyl (C=O) groups is 2. The van der Waals surface area contributed by atoms with Gasteiger partial charge in [-0.3, -0.25) is 9.59 Å². The molecule has 1 unspecified atom stereocenters. The highest BCUT2D eigenvalue weighted by atomic mass is 35.5. The zero-order valence-corrected chi connectivity index (χ0v) is 22.4. The number of sulfonamides is 1. The smallest absolute Gasteiger partial charge is 0.259 e. The number of nitrogens with zero attached hydrogens (tertiary/aromatic N) is 3. The maximum atomic E-state index is 13.7. The maximum Gasteiger partial charge on any atom is 0.259 e. The molecule has 3 N–H and O–H groups in total. The van der Waals surface area contributed by atoms with Crippen LogP contribution in [0.1, 0.15) is 32.9 Å². The van der Waals surface area contributed by atoms with E-state index in [0.29, 0.717) is 6.54 Å². The predicted molar refractivity (Wildman–Crippen MR) is 137 cm³/mol. The minimum atomic E-state index is -4.25. The Morgan fingerprint density at radius 2 is 1.84 bits per heavy atom. The molecule has 196 valence electrons. The van der Waals surface area contributed by atoms with Gasteiger partial charge in [0.05, 0.1) is 10.0 Å². The van der Waals surface area contributed by atoms with Gasteiger partial charge in [0, 0.05) is 31.7 Å². The first-order chi connectivity index (χ1) is 17.5. The van der Waals surface area contributed by atoms with E-state index in [1.54, 1.807) is 0 Å². The van der Waals surface area contributed by atoms with Crippen LogP contribution >= 0.6 is 23.2 Å². The average molecular weight is 566 g/mol. The van der Waals surface area contributed by atoms with Gasteiger partial charge in [0.1, 0.15) is 10.6 Å². The molecule has 1 aliphatic rings. The van der Waals surface area contributed by atoms with Gasteiger partial charge in [-0.15, -0.1) is 0 Å². The van der Waals surface area contributed by atoms with Gasteiger partial charge >= 0.3 is 0 Å². The van der Waals surface area contributed by atoms with Crippen molar-refractivity contribution in [2.75, 3.05) is 13.1 Å². The van der Waals surface area contributed by atoms with Gasteiger partial charge in [0.25, 0.3) is 21.8 Å². The Balaban J connectivity index is 1.69. The second-order valence-electron chi connectivity index (χ2n) is 8.51. The van der Waals surface area contributed by atoms with Crippen LogP contribution in [0, 0.1) is 13.8 Å². The Kier molecular flexibility index (Phi) is 7.91. The fourth-order valence-corrected chi connectivity index (χ4v) is 6.38. The molecule has 10 nitrogen and oxygen atoms in total. The highest BCUT2D eigenvalue weighted by Crippen LogP contribution is 2.30. The van der Waals surface area contributed by atoms with Crippen LogP contribution in [0.25, 0.3) is 0 Å². The largest absolute Gasteiger partial charge is 0.360 e. The summed E-state index contributed by atoms with van der Waals surface area (Å²) < 4.78 is 33.4. The van der Waals surface area contributed by atoms with Crippen LogP contribution in [0.4, 0.5) is 0 Å². The number of hydrogen-bond donors (Lipinski definition) is 2. The summed E-state index contributed by atoms with van der Waals surface area (Å²) in [5.41, 5.74) is 7.68. The second kappa shape index (κ2) is 10.8. The van der Waals surface area contributed by atoms with Crippen molar-refractivity contribution < 1.29 is 22.5 Å². The Labute approximate surface area is 224 Å².